The smallest absolute Gasteiger partial charge is 0.280 e. The van der Waals surface area contributed by atoms with Crippen molar-refractivity contribution >= 4 is 58.2 Å². The van der Waals surface area contributed by atoms with Gasteiger partial charge in [-0.05, 0) is 48.6 Å². The fourth-order valence-corrected chi connectivity index (χ4v) is 3.20. The molecule has 1 saturated heterocycles. The van der Waals surface area contributed by atoms with Crippen molar-refractivity contribution in [2.45, 2.75) is 0 Å². The van der Waals surface area contributed by atoms with E-state index >= 15 is 0 Å². The molecule has 2 amide bonds. The van der Waals surface area contributed by atoms with E-state index in [9.17, 15) is 19.7 Å². The van der Waals surface area contributed by atoms with Crippen LogP contribution >= 0.6 is 23.8 Å². The lowest BCUT2D eigenvalue weighted by molar-refractivity contribution is -0.385. The summed E-state index contributed by atoms with van der Waals surface area (Å²) in [4.78, 5) is 37.5. The topological polar surface area (TPSA) is 111 Å². The number of methoxy groups -OCH3 is 2. The van der Waals surface area contributed by atoms with Crippen molar-refractivity contribution in [3.63, 3.8) is 0 Å². The molecule has 1 aliphatic rings. The first-order valence-electron chi connectivity index (χ1n) is 8.34. The van der Waals surface area contributed by atoms with E-state index in [1.54, 1.807) is 24.3 Å². The zero-order valence-electron chi connectivity index (χ0n) is 15.7. The van der Waals surface area contributed by atoms with Crippen LogP contribution in [0, 0.1) is 10.1 Å². The van der Waals surface area contributed by atoms with Crippen LogP contribution in [0.15, 0.2) is 42.0 Å². The number of nitrogens with one attached hydrogen (secondary N) is 1. The molecule has 0 aliphatic carbocycles. The van der Waals surface area contributed by atoms with Gasteiger partial charge in [0.2, 0.25) is 0 Å². The van der Waals surface area contributed by atoms with E-state index in [1.807, 2.05) is 0 Å². The number of carbonyl (C=O) groups is 2. The molecule has 0 spiro atoms. The third-order valence-electron chi connectivity index (χ3n) is 4.22. The monoisotopic (exact) mass is 447 g/mol. The highest BCUT2D eigenvalue weighted by Crippen LogP contribution is 2.36. The Labute approximate surface area is 181 Å². The minimum absolute atomic E-state index is 0.0139. The number of hydrogen-bond donors (Lipinski definition) is 1. The number of nitro benzene ring substituents is 1. The molecule has 154 valence electrons. The van der Waals surface area contributed by atoms with E-state index in [2.05, 4.69) is 5.32 Å². The number of rotatable bonds is 5. The zero-order chi connectivity index (χ0) is 22.0. The maximum absolute atomic E-state index is 13.0. The number of carbonyl (C=O) groups excluding carboxylic acids is 2. The van der Waals surface area contributed by atoms with Gasteiger partial charge in [-0.1, -0.05) is 11.6 Å². The summed E-state index contributed by atoms with van der Waals surface area (Å²) in [6.07, 6.45) is 1.11. The standard InChI is InChI=1S/C19H14ClN3O6S/c1-28-15-8-10(14(23(26)27)9-16(15)29-2)7-13-17(24)21-19(30)22(18(13)25)12-5-3-11(20)4-6-12/h3-9H,1-2H3,(H,21,24,30)/b13-7+. The Morgan fingerprint density at radius 2 is 1.73 bits per heavy atom. The molecule has 0 radical (unpaired) electrons. The van der Waals surface area contributed by atoms with Crippen molar-refractivity contribution < 1.29 is 24.0 Å². The van der Waals surface area contributed by atoms with Crippen LogP contribution in [-0.4, -0.2) is 36.1 Å². The summed E-state index contributed by atoms with van der Waals surface area (Å²) < 4.78 is 10.2. The van der Waals surface area contributed by atoms with Crippen molar-refractivity contribution in [2.75, 3.05) is 19.1 Å². The van der Waals surface area contributed by atoms with Crippen molar-refractivity contribution in [1.82, 2.24) is 5.32 Å². The van der Waals surface area contributed by atoms with Gasteiger partial charge in [0.1, 0.15) is 5.57 Å². The Morgan fingerprint density at radius 3 is 2.30 bits per heavy atom. The number of ether oxygens (including phenoxy) is 2. The Bertz CT molecular complexity index is 1100. The van der Waals surface area contributed by atoms with Crippen LogP contribution in [0.1, 0.15) is 5.56 Å². The summed E-state index contributed by atoms with van der Waals surface area (Å²) in [6.45, 7) is 0. The molecule has 2 aromatic carbocycles. The summed E-state index contributed by atoms with van der Waals surface area (Å²) in [6, 6.07) is 8.70. The second-order valence-corrected chi connectivity index (χ2v) is 6.78. The second-order valence-electron chi connectivity index (χ2n) is 5.96. The Morgan fingerprint density at radius 1 is 1.13 bits per heavy atom. The Kier molecular flexibility index (Phi) is 5.99. The molecule has 1 fully saturated rings. The molecule has 1 N–H and O–H groups in total. The summed E-state index contributed by atoms with van der Waals surface area (Å²) >= 11 is 11.0. The number of nitro groups is 1. The molecular weight excluding hydrogens is 434 g/mol. The summed E-state index contributed by atoms with van der Waals surface area (Å²) in [5.74, 6) is -1.19. The molecule has 30 heavy (non-hydrogen) atoms. The van der Waals surface area contributed by atoms with E-state index in [1.165, 1.54) is 20.3 Å². The molecule has 0 unspecified atom stereocenters. The Balaban J connectivity index is 2.12. The average Bonchev–Trinajstić information content (AvgIpc) is 2.71. The first-order valence-corrected chi connectivity index (χ1v) is 9.13. The summed E-state index contributed by atoms with van der Waals surface area (Å²) in [7, 11) is 2.70. The van der Waals surface area contributed by atoms with Gasteiger partial charge in [0.05, 0.1) is 36.5 Å². The van der Waals surface area contributed by atoms with Crippen LogP contribution in [0.25, 0.3) is 6.08 Å². The number of amides is 2. The van der Waals surface area contributed by atoms with Crippen LogP contribution in [0.2, 0.25) is 5.02 Å². The predicted octanol–water partition coefficient (Wildman–Crippen LogP) is 3.10. The van der Waals surface area contributed by atoms with Crippen LogP contribution < -0.4 is 19.7 Å². The van der Waals surface area contributed by atoms with Crippen LogP contribution in [0.5, 0.6) is 11.5 Å². The fraction of sp³-hybridized carbons (Fsp3) is 0.105. The van der Waals surface area contributed by atoms with Gasteiger partial charge in [-0.2, -0.15) is 0 Å². The van der Waals surface area contributed by atoms with Crippen LogP contribution in [-0.2, 0) is 9.59 Å². The number of hydrogen-bond acceptors (Lipinski definition) is 7. The van der Waals surface area contributed by atoms with E-state index in [-0.39, 0.29) is 33.4 Å². The zero-order valence-corrected chi connectivity index (χ0v) is 17.2. The molecule has 0 aromatic heterocycles. The van der Waals surface area contributed by atoms with Crippen molar-refractivity contribution in [3.8, 4) is 11.5 Å². The minimum atomic E-state index is -0.778. The molecule has 1 aliphatic heterocycles. The largest absolute Gasteiger partial charge is 0.493 e. The second kappa shape index (κ2) is 8.47. The lowest BCUT2D eigenvalue weighted by atomic mass is 10.0. The SMILES string of the molecule is COc1cc(/C=C2\C(=O)NC(=S)N(c3ccc(Cl)cc3)C2=O)c([N+](=O)[O-])cc1OC. The van der Waals surface area contributed by atoms with E-state index in [4.69, 9.17) is 33.3 Å². The third-order valence-corrected chi connectivity index (χ3v) is 4.75. The molecule has 9 nitrogen and oxygen atoms in total. The summed E-state index contributed by atoms with van der Waals surface area (Å²) in [5.41, 5.74) is -0.344. The quantitative estimate of drug-likeness (QED) is 0.246. The van der Waals surface area contributed by atoms with E-state index in [0.717, 1.165) is 17.0 Å². The minimum Gasteiger partial charge on any atom is -0.493 e. The van der Waals surface area contributed by atoms with Gasteiger partial charge in [-0.15, -0.1) is 0 Å². The van der Waals surface area contributed by atoms with Crippen LogP contribution in [0.4, 0.5) is 11.4 Å². The highest BCUT2D eigenvalue weighted by molar-refractivity contribution is 7.80. The normalized spacial score (nSPS) is 15.2. The van der Waals surface area contributed by atoms with E-state index < -0.39 is 16.7 Å². The first-order chi connectivity index (χ1) is 14.3. The molecule has 11 heteroatoms. The average molecular weight is 448 g/mol. The number of halogens is 1. The maximum Gasteiger partial charge on any atom is 0.280 e. The Hall–Kier alpha value is -3.50. The van der Waals surface area contributed by atoms with Gasteiger partial charge in [-0.3, -0.25) is 29.9 Å². The lowest BCUT2D eigenvalue weighted by Gasteiger charge is -2.28. The number of thiocarbonyl (C=S) groups is 1. The van der Waals surface area contributed by atoms with Crippen molar-refractivity contribution in [1.29, 1.82) is 0 Å². The first kappa shape index (κ1) is 21.2. The van der Waals surface area contributed by atoms with E-state index in [0.29, 0.717) is 10.7 Å². The molecule has 0 atom stereocenters. The molecule has 0 bridgehead atoms. The van der Waals surface area contributed by atoms with Crippen LogP contribution in [0.3, 0.4) is 0 Å². The molecular formula is C19H14ClN3O6S. The van der Waals surface area contributed by atoms with Gasteiger partial charge in [-0.25, -0.2) is 0 Å². The fourth-order valence-electron chi connectivity index (χ4n) is 2.80. The van der Waals surface area contributed by atoms with Gasteiger partial charge in [0.15, 0.2) is 16.6 Å². The highest BCUT2D eigenvalue weighted by atomic mass is 35.5. The molecule has 2 aromatic rings. The molecule has 0 saturated carbocycles. The maximum atomic E-state index is 13.0. The molecule has 1 heterocycles. The van der Waals surface area contributed by atoms with Gasteiger partial charge < -0.3 is 9.47 Å². The van der Waals surface area contributed by atoms with Gasteiger partial charge >= 0.3 is 0 Å². The summed E-state index contributed by atoms with van der Waals surface area (Å²) in [5, 5.41) is 14.3. The predicted molar refractivity (Wildman–Crippen MR) is 114 cm³/mol. The number of anilines is 1. The highest BCUT2D eigenvalue weighted by Gasteiger charge is 2.35. The number of benzene rings is 2. The molecule has 3 rings (SSSR count). The number of nitrogens with zero attached hydrogens (tertiary/aromatic N) is 2. The third kappa shape index (κ3) is 3.95. The van der Waals surface area contributed by atoms with Crippen molar-refractivity contribution in [3.05, 3.63) is 62.7 Å². The van der Waals surface area contributed by atoms with Crippen molar-refractivity contribution in [2.24, 2.45) is 0 Å². The van der Waals surface area contributed by atoms with Gasteiger partial charge in [0.25, 0.3) is 17.5 Å². The van der Waals surface area contributed by atoms with Gasteiger partial charge in [0, 0.05) is 5.02 Å². The lowest BCUT2D eigenvalue weighted by Crippen LogP contribution is -2.54.